The molecule has 1 aliphatic rings. The molecular formula is C14H19NO2. The molecule has 1 N–H and O–H groups in total. The molecule has 1 heterocycles. The molecule has 0 spiro atoms. The third kappa shape index (κ3) is 3.30. The Hall–Kier alpha value is -1.35. The van der Waals surface area contributed by atoms with Crippen LogP contribution < -0.4 is 5.32 Å². The fourth-order valence-electron chi connectivity index (χ4n) is 2.22. The molecular weight excluding hydrogens is 214 g/mol. The third-order valence-electron chi connectivity index (χ3n) is 3.11. The van der Waals surface area contributed by atoms with Gasteiger partial charge in [-0.2, -0.15) is 0 Å². The van der Waals surface area contributed by atoms with Crippen molar-refractivity contribution in [1.29, 1.82) is 0 Å². The Kier molecular flexibility index (Phi) is 3.48. The van der Waals surface area contributed by atoms with Gasteiger partial charge in [-0.05, 0) is 38.8 Å². The fraction of sp³-hybridized carbons (Fsp3) is 0.500. The number of benzene rings is 1. The van der Waals surface area contributed by atoms with E-state index in [9.17, 15) is 4.79 Å². The van der Waals surface area contributed by atoms with Gasteiger partial charge >= 0.3 is 0 Å². The Bertz CT molecular complexity index is 386. The molecule has 1 aromatic carbocycles. The molecule has 1 saturated heterocycles. The van der Waals surface area contributed by atoms with Crippen molar-refractivity contribution in [3.63, 3.8) is 0 Å². The van der Waals surface area contributed by atoms with Crippen LogP contribution in [0.25, 0.3) is 0 Å². The van der Waals surface area contributed by atoms with E-state index in [1.165, 1.54) is 0 Å². The average molecular weight is 233 g/mol. The highest BCUT2D eigenvalue weighted by atomic mass is 16.5. The zero-order valence-corrected chi connectivity index (χ0v) is 10.4. The van der Waals surface area contributed by atoms with Crippen molar-refractivity contribution < 1.29 is 9.53 Å². The van der Waals surface area contributed by atoms with E-state index < -0.39 is 0 Å². The lowest BCUT2D eigenvalue weighted by Gasteiger charge is -2.34. The van der Waals surface area contributed by atoms with Gasteiger partial charge in [0.2, 0.25) is 5.91 Å². The summed E-state index contributed by atoms with van der Waals surface area (Å²) in [6, 6.07) is 9.59. The number of hydrogen-bond donors (Lipinski definition) is 1. The highest BCUT2D eigenvalue weighted by Gasteiger charge is 2.32. The first kappa shape index (κ1) is 12.1. The molecule has 17 heavy (non-hydrogen) atoms. The van der Waals surface area contributed by atoms with Gasteiger partial charge in [-0.1, -0.05) is 18.2 Å². The summed E-state index contributed by atoms with van der Waals surface area (Å²) < 4.78 is 5.62. The Morgan fingerprint density at radius 1 is 1.35 bits per heavy atom. The molecule has 0 unspecified atom stereocenters. The van der Waals surface area contributed by atoms with Crippen LogP contribution in [-0.2, 0) is 9.53 Å². The largest absolute Gasteiger partial charge is 0.376 e. The number of carbonyl (C=O) groups excluding carboxylic acids is 1. The van der Waals surface area contributed by atoms with E-state index in [1.54, 1.807) is 0 Å². The predicted molar refractivity (Wildman–Crippen MR) is 67.8 cm³/mol. The van der Waals surface area contributed by atoms with Gasteiger partial charge in [0.1, 0.15) is 0 Å². The Labute approximate surface area is 102 Å². The zero-order valence-electron chi connectivity index (χ0n) is 10.4. The van der Waals surface area contributed by atoms with Crippen LogP contribution in [0.15, 0.2) is 30.3 Å². The fourth-order valence-corrected chi connectivity index (χ4v) is 2.22. The second-order valence-electron chi connectivity index (χ2n) is 5.15. The number of hydrogen-bond acceptors (Lipinski definition) is 2. The molecule has 3 nitrogen and oxygen atoms in total. The zero-order chi connectivity index (χ0) is 12.3. The Morgan fingerprint density at radius 2 is 2.06 bits per heavy atom. The number of carbonyl (C=O) groups is 1. The van der Waals surface area contributed by atoms with Crippen LogP contribution in [0.5, 0.6) is 0 Å². The van der Waals surface area contributed by atoms with Gasteiger partial charge in [0, 0.05) is 18.2 Å². The first-order valence-corrected chi connectivity index (χ1v) is 6.07. The molecule has 0 aliphatic carbocycles. The van der Waals surface area contributed by atoms with Gasteiger partial charge in [-0.15, -0.1) is 0 Å². The molecule has 0 radical (unpaired) electrons. The van der Waals surface area contributed by atoms with Gasteiger partial charge in [-0.3, -0.25) is 4.79 Å². The molecule has 1 fully saturated rings. The minimum Gasteiger partial charge on any atom is -0.376 e. The van der Waals surface area contributed by atoms with Crippen LogP contribution in [0, 0.1) is 5.92 Å². The molecule has 2 rings (SSSR count). The lowest BCUT2D eigenvalue weighted by molar-refractivity contribution is -0.130. The topological polar surface area (TPSA) is 38.3 Å². The summed E-state index contributed by atoms with van der Waals surface area (Å²) in [5.74, 6) is 0.159. The summed E-state index contributed by atoms with van der Waals surface area (Å²) in [6.07, 6.45) is 1.59. The molecule has 1 aliphatic heterocycles. The number of ether oxygens (including phenoxy) is 1. The van der Waals surface area contributed by atoms with E-state index in [1.807, 2.05) is 44.2 Å². The monoisotopic (exact) mass is 233 g/mol. The maximum absolute atomic E-state index is 12.1. The molecule has 0 bridgehead atoms. The molecule has 1 amide bonds. The SMILES string of the molecule is CC1(C)C[C@@H](C(=O)Nc2ccccc2)CCO1. The van der Waals surface area contributed by atoms with Crippen LogP contribution in [0.3, 0.4) is 0 Å². The number of para-hydroxylation sites is 1. The first-order valence-electron chi connectivity index (χ1n) is 6.07. The molecule has 0 saturated carbocycles. The van der Waals surface area contributed by atoms with E-state index in [2.05, 4.69) is 5.32 Å². The Morgan fingerprint density at radius 3 is 2.71 bits per heavy atom. The van der Waals surface area contributed by atoms with E-state index in [4.69, 9.17) is 4.74 Å². The quantitative estimate of drug-likeness (QED) is 0.853. The molecule has 1 aromatic rings. The van der Waals surface area contributed by atoms with E-state index in [0.29, 0.717) is 6.61 Å². The second kappa shape index (κ2) is 4.88. The smallest absolute Gasteiger partial charge is 0.227 e. The highest BCUT2D eigenvalue weighted by Crippen LogP contribution is 2.29. The van der Waals surface area contributed by atoms with Crippen LogP contribution in [-0.4, -0.2) is 18.1 Å². The van der Waals surface area contributed by atoms with Gasteiger partial charge in [0.05, 0.1) is 5.60 Å². The van der Waals surface area contributed by atoms with Crippen LogP contribution in [0.1, 0.15) is 26.7 Å². The van der Waals surface area contributed by atoms with E-state index >= 15 is 0 Å². The summed E-state index contributed by atoms with van der Waals surface area (Å²) in [4.78, 5) is 12.1. The maximum atomic E-state index is 12.1. The van der Waals surface area contributed by atoms with Crippen LogP contribution >= 0.6 is 0 Å². The van der Waals surface area contributed by atoms with Gasteiger partial charge in [0.25, 0.3) is 0 Å². The summed E-state index contributed by atoms with van der Waals surface area (Å²) in [5, 5.41) is 2.95. The number of nitrogens with one attached hydrogen (secondary N) is 1. The lowest BCUT2D eigenvalue weighted by Crippen LogP contribution is -2.39. The van der Waals surface area contributed by atoms with Crippen molar-refractivity contribution in [2.75, 3.05) is 11.9 Å². The average Bonchev–Trinajstić information content (AvgIpc) is 2.29. The predicted octanol–water partition coefficient (Wildman–Crippen LogP) is 2.83. The van der Waals surface area contributed by atoms with E-state index in [-0.39, 0.29) is 17.4 Å². The summed E-state index contributed by atoms with van der Waals surface area (Å²) in [5.41, 5.74) is 0.679. The van der Waals surface area contributed by atoms with Gasteiger partial charge in [0.15, 0.2) is 0 Å². The van der Waals surface area contributed by atoms with Gasteiger partial charge in [-0.25, -0.2) is 0 Å². The van der Waals surface area contributed by atoms with Gasteiger partial charge < -0.3 is 10.1 Å². The highest BCUT2D eigenvalue weighted by molar-refractivity contribution is 5.92. The van der Waals surface area contributed by atoms with Crippen molar-refractivity contribution in [1.82, 2.24) is 0 Å². The normalized spacial score (nSPS) is 23.1. The minimum absolute atomic E-state index is 0.0546. The Balaban J connectivity index is 1.96. The summed E-state index contributed by atoms with van der Waals surface area (Å²) >= 11 is 0. The minimum atomic E-state index is -0.184. The van der Waals surface area contributed by atoms with Crippen molar-refractivity contribution in [3.05, 3.63) is 30.3 Å². The van der Waals surface area contributed by atoms with Crippen molar-refractivity contribution in [3.8, 4) is 0 Å². The van der Waals surface area contributed by atoms with Crippen molar-refractivity contribution in [2.45, 2.75) is 32.3 Å². The second-order valence-corrected chi connectivity index (χ2v) is 5.15. The van der Waals surface area contributed by atoms with Crippen LogP contribution in [0.2, 0.25) is 0 Å². The molecule has 3 heteroatoms. The van der Waals surface area contributed by atoms with E-state index in [0.717, 1.165) is 18.5 Å². The standard InChI is InChI=1S/C14H19NO2/c1-14(2)10-11(8-9-17-14)13(16)15-12-6-4-3-5-7-12/h3-7,11H,8-10H2,1-2H3,(H,15,16)/t11-/m0/s1. The number of amides is 1. The molecule has 92 valence electrons. The van der Waals surface area contributed by atoms with Crippen molar-refractivity contribution in [2.24, 2.45) is 5.92 Å². The van der Waals surface area contributed by atoms with Crippen LogP contribution in [0.4, 0.5) is 5.69 Å². The maximum Gasteiger partial charge on any atom is 0.227 e. The number of rotatable bonds is 2. The molecule has 0 aromatic heterocycles. The third-order valence-corrected chi connectivity index (χ3v) is 3.11. The summed E-state index contributed by atoms with van der Waals surface area (Å²) in [6.45, 7) is 4.74. The first-order chi connectivity index (χ1) is 8.07. The molecule has 1 atom stereocenters. The number of anilines is 1. The summed E-state index contributed by atoms with van der Waals surface area (Å²) in [7, 11) is 0. The van der Waals surface area contributed by atoms with Crippen molar-refractivity contribution >= 4 is 11.6 Å². The lowest BCUT2D eigenvalue weighted by atomic mass is 9.88.